The Labute approximate surface area is 91.8 Å². The van der Waals surface area contributed by atoms with Crippen molar-refractivity contribution in [3.8, 4) is 0 Å². The summed E-state index contributed by atoms with van der Waals surface area (Å²) in [4.78, 5) is 0. The second-order valence-corrected chi connectivity index (χ2v) is 3.98. The summed E-state index contributed by atoms with van der Waals surface area (Å²) in [6.45, 7) is 2.08. The first kappa shape index (κ1) is 10.5. The van der Waals surface area contributed by atoms with E-state index in [2.05, 4.69) is 57.7 Å². The number of allylic oxidation sites excluding steroid dienone is 4. The Kier molecular flexibility index (Phi) is 4.81. The second kappa shape index (κ2) is 5.96. The minimum atomic E-state index is 1.17. The van der Waals surface area contributed by atoms with Crippen molar-refractivity contribution < 1.29 is 20.4 Å². The van der Waals surface area contributed by atoms with Gasteiger partial charge in [0.15, 0.2) is 0 Å². The molecule has 0 aliphatic heterocycles. The Balaban J connectivity index is 0.000000132. The van der Waals surface area contributed by atoms with Crippen LogP contribution in [0.15, 0.2) is 52.4 Å². The van der Waals surface area contributed by atoms with E-state index in [4.69, 9.17) is 0 Å². The molecule has 1 aliphatic rings. The summed E-state index contributed by atoms with van der Waals surface area (Å²) in [5.74, 6) is 0. The molecule has 0 radical (unpaired) electrons. The van der Waals surface area contributed by atoms with Crippen molar-refractivity contribution in [1.29, 1.82) is 0 Å². The SMILES string of the molecule is Cc1ccccc1.[Ti][C]1=CC=CC1. The number of aryl methyl sites for hydroxylation is 1. The van der Waals surface area contributed by atoms with E-state index in [0.717, 1.165) is 0 Å². The molecule has 1 aliphatic carbocycles. The van der Waals surface area contributed by atoms with E-state index < -0.39 is 0 Å². The zero-order valence-electron chi connectivity index (χ0n) is 7.83. The van der Waals surface area contributed by atoms with Crippen molar-refractivity contribution in [2.24, 2.45) is 0 Å². The van der Waals surface area contributed by atoms with Crippen molar-refractivity contribution in [2.45, 2.75) is 13.3 Å². The quantitative estimate of drug-likeness (QED) is 0.569. The first-order valence-electron chi connectivity index (χ1n) is 4.38. The number of rotatable bonds is 0. The molecule has 0 amide bonds. The third-order valence-electron chi connectivity index (χ3n) is 1.71. The van der Waals surface area contributed by atoms with E-state index in [9.17, 15) is 0 Å². The first-order valence-corrected chi connectivity index (χ1v) is 5.16. The van der Waals surface area contributed by atoms with Gasteiger partial charge in [0.2, 0.25) is 0 Å². The van der Waals surface area contributed by atoms with Gasteiger partial charge in [-0.25, -0.2) is 0 Å². The molecule has 65 valence electrons. The van der Waals surface area contributed by atoms with Gasteiger partial charge in [0.1, 0.15) is 0 Å². The molecule has 0 bridgehead atoms. The molecule has 0 unspecified atom stereocenters. The molecule has 0 atom stereocenters. The third kappa shape index (κ3) is 4.87. The van der Waals surface area contributed by atoms with E-state index in [1.807, 2.05) is 18.2 Å². The van der Waals surface area contributed by atoms with E-state index in [1.54, 1.807) is 0 Å². The van der Waals surface area contributed by atoms with E-state index in [0.29, 0.717) is 0 Å². The van der Waals surface area contributed by atoms with Gasteiger partial charge in [0.05, 0.1) is 0 Å². The van der Waals surface area contributed by atoms with Crippen molar-refractivity contribution in [3.05, 3.63) is 58.0 Å². The molecule has 0 aromatic heterocycles. The van der Waals surface area contributed by atoms with E-state index in [-0.39, 0.29) is 0 Å². The zero-order chi connectivity index (χ0) is 9.52. The summed E-state index contributed by atoms with van der Waals surface area (Å²) >= 11 is 2.14. The van der Waals surface area contributed by atoms with Crippen molar-refractivity contribution in [3.63, 3.8) is 0 Å². The summed E-state index contributed by atoms with van der Waals surface area (Å²) in [7, 11) is 0. The minimum absolute atomic E-state index is 1.17. The molecule has 0 saturated heterocycles. The van der Waals surface area contributed by atoms with Crippen LogP contribution in [0.1, 0.15) is 12.0 Å². The average Bonchev–Trinajstić information content (AvgIpc) is 2.58. The predicted molar refractivity (Wildman–Crippen MR) is 53.0 cm³/mol. The number of hydrogen-bond donors (Lipinski definition) is 0. The molecule has 1 aromatic carbocycles. The summed E-state index contributed by atoms with van der Waals surface area (Å²) in [5.41, 5.74) is 1.32. The molecule has 0 heterocycles. The summed E-state index contributed by atoms with van der Waals surface area (Å²) < 4.78 is 1.47. The Morgan fingerprint density at radius 3 is 2.08 bits per heavy atom. The summed E-state index contributed by atoms with van der Waals surface area (Å²) in [5, 5.41) is 0. The van der Waals surface area contributed by atoms with Gasteiger partial charge < -0.3 is 0 Å². The van der Waals surface area contributed by atoms with Crippen molar-refractivity contribution >= 4 is 0 Å². The van der Waals surface area contributed by atoms with Gasteiger partial charge in [-0.05, 0) is 6.92 Å². The predicted octanol–water partition coefficient (Wildman–Crippen LogP) is 3.37. The fourth-order valence-electron chi connectivity index (χ4n) is 0.982. The normalized spacial score (nSPS) is 13.1. The number of benzene rings is 1. The van der Waals surface area contributed by atoms with Gasteiger partial charge >= 0.3 is 49.0 Å². The summed E-state index contributed by atoms with van der Waals surface area (Å²) in [6, 6.07) is 10.3. The Morgan fingerprint density at radius 2 is 1.85 bits per heavy atom. The molecule has 0 spiro atoms. The maximum absolute atomic E-state index is 2.16. The van der Waals surface area contributed by atoms with Crippen LogP contribution in [0.5, 0.6) is 0 Å². The molecule has 13 heavy (non-hydrogen) atoms. The van der Waals surface area contributed by atoms with Gasteiger partial charge in [-0.1, -0.05) is 35.9 Å². The molecule has 0 saturated carbocycles. The third-order valence-corrected chi connectivity index (χ3v) is 2.29. The van der Waals surface area contributed by atoms with Gasteiger partial charge in [0, 0.05) is 0 Å². The Morgan fingerprint density at radius 1 is 1.15 bits per heavy atom. The molecule has 1 aromatic rings. The molecule has 0 fully saturated rings. The van der Waals surface area contributed by atoms with Gasteiger partial charge in [-0.3, -0.25) is 0 Å². The summed E-state index contributed by atoms with van der Waals surface area (Å²) in [6.07, 6.45) is 7.56. The van der Waals surface area contributed by atoms with Gasteiger partial charge in [-0.15, -0.1) is 0 Å². The standard InChI is InChI=1S/C7H8.C5H5.Ti/c1-7-5-3-2-4-6-7;1-2-4-5-3-1;/h2-6H,1H3;1-3H,4H2;. The van der Waals surface area contributed by atoms with Crippen molar-refractivity contribution in [2.75, 3.05) is 0 Å². The topological polar surface area (TPSA) is 0 Å². The maximum atomic E-state index is 2.16. The van der Waals surface area contributed by atoms with Crippen LogP contribution >= 0.6 is 0 Å². The zero-order valence-corrected chi connectivity index (χ0v) is 9.39. The molecular formula is C12H13Ti. The van der Waals surface area contributed by atoms with Crippen LogP contribution in [0.2, 0.25) is 0 Å². The van der Waals surface area contributed by atoms with Crippen LogP contribution in [-0.4, -0.2) is 0 Å². The van der Waals surface area contributed by atoms with Gasteiger partial charge in [0.25, 0.3) is 0 Å². The molecule has 0 N–H and O–H groups in total. The van der Waals surface area contributed by atoms with Crippen LogP contribution in [0.3, 0.4) is 0 Å². The number of hydrogen-bond acceptors (Lipinski definition) is 0. The Bertz CT molecular complexity index is 296. The monoisotopic (exact) mass is 205 g/mol. The van der Waals surface area contributed by atoms with Crippen molar-refractivity contribution in [1.82, 2.24) is 0 Å². The van der Waals surface area contributed by atoms with E-state index >= 15 is 0 Å². The van der Waals surface area contributed by atoms with Gasteiger partial charge in [-0.2, -0.15) is 0 Å². The van der Waals surface area contributed by atoms with Crippen LogP contribution in [0, 0.1) is 6.92 Å². The molecule has 1 heteroatoms. The van der Waals surface area contributed by atoms with E-state index in [1.165, 1.54) is 15.9 Å². The fourth-order valence-corrected chi connectivity index (χ4v) is 1.32. The van der Waals surface area contributed by atoms with Crippen LogP contribution in [-0.2, 0) is 20.4 Å². The average molecular weight is 205 g/mol. The van der Waals surface area contributed by atoms with Crippen LogP contribution < -0.4 is 0 Å². The fraction of sp³-hybridized carbons (Fsp3) is 0.167. The molecular weight excluding hydrogens is 192 g/mol. The first-order chi connectivity index (χ1) is 6.29. The van der Waals surface area contributed by atoms with Crippen LogP contribution in [0.4, 0.5) is 0 Å². The molecule has 2 rings (SSSR count). The second-order valence-electron chi connectivity index (χ2n) is 2.98. The molecule has 0 nitrogen and oxygen atoms in total. The Hall–Kier alpha value is -0.586. The van der Waals surface area contributed by atoms with Crippen LogP contribution in [0.25, 0.3) is 0 Å².